The summed E-state index contributed by atoms with van der Waals surface area (Å²) in [6.07, 6.45) is 4.62. The lowest BCUT2D eigenvalue weighted by Crippen LogP contribution is -2.55. The van der Waals surface area contributed by atoms with Gasteiger partial charge in [0.1, 0.15) is 0 Å². The molecule has 2 N–H and O–H groups in total. The molecule has 25 heavy (non-hydrogen) atoms. The molecule has 1 aliphatic carbocycles. The third kappa shape index (κ3) is 3.97. The summed E-state index contributed by atoms with van der Waals surface area (Å²) in [7, 11) is 3.93. The number of anilines is 1. The molecule has 5 heteroatoms. The molecule has 1 saturated carbocycles. The number of hydrogen-bond donors (Lipinski definition) is 2. The van der Waals surface area contributed by atoms with Gasteiger partial charge in [0.15, 0.2) is 0 Å². The second-order valence-corrected chi connectivity index (χ2v) is 7.64. The molecule has 2 aliphatic rings. The van der Waals surface area contributed by atoms with E-state index in [1.165, 1.54) is 0 Å². The van der Waals surface area contributed by atoms with Gasteiger partial charge in [-0.05, 0) is 49.3 Å². The van der Waals surface area contributed by atoms with E-state index in [0.29, 0.717) is 23.8 Å². The molecule has 4 atom stereocenters. The van der Waals surface area contributed by atoms with Crippen LogP contribution >= 0.6 is 0 Å². The monoisotopic (exact) mass is 343 g/mol. The van der Waals surface area contributed by atoms with E-state index in [1.54, 1.807) is 0 Å². The topological polar surface area (TPSA) is 61.4 Å². The Morgan fingerprint density at radius 1 is 1.32 bits per heavy atom. The fourth-order valence-electron chi connectivity index (χ4n) is 4.35. The van der Waals surface area contributed by atoms with Gasteiger partial charge in [0.05, 0.1) is 0 Å². The molecule has 1 aliphatic heterocycles. The Labute approximate surface area is 150 Å². The van der Waals surface area contributed by atoms with Crippen LogP contribution in [0.25, 0.3) is 0 Å². The highest BCUT2D eigenvalue weighted by Gasteiger charge is 2.40. The summed E-state index contributed by atoms with van der Waals surface area (Å²) in [5, 5.41) is 6.33. The predicted octanol–water partition coefficient (Wildman–Crippen LogP) is 2.57. The van der Waals surface area contributed by atoms with Crippen molar-refractivity contribution in [1.29, 1.82) is 0 Å². The first-order valence-electron chi connectivity index (χ1n) is 9.35. The number of rotatable bonds is 4. The van der Waals surface area contributed by atoms with E-state index in [4.69, 9.17) is 0 Å². The Morgan fingerprint density at radius 2 is 2.12 bits per heavy atom. The average Bonchev–Trinajstić information content (AvgIpc) is 2.60. The van der Waals surface area contributed by atoms with Crippen LogP contribution in [-0.2, 0) is 4.79 Å². The Morgan fingerprint density at radius 3 is 2.84 bits per heavy atom. The predicted molar refractivity (Wildman–Crippen MR) is 99.7 cm³/mol. The number of nitrogens with one attached hydrogen (secondary N) is 2. The van der Waals surface area contributed by atoms with E-state index >= 15 is 0 Å². The lowest BCUT2D eigenvalue weighted by Gasteiger charge is -2.44. The highest BCUT2D eigenvalue weighted by Crippen LogP contribution is 2.37. The second kappa shape index (κ2) is 7.46. The molecule has 5 nitrogen and oxygen atoms in total. The molecule has 0 aromatic heterocycles. The van der Waals surface area contributed by atoms with Crippen molar-refractivity contribution in [1.82, 2.24) is 10.6 Å². The van der Waals surface area contributed by atoms with Crippen molar-refractivity contribution < 1.29 is 9.59 Å². The third-order valence-electron chi connectivity index (χ3n) is 5.79. The number of amides is 2. The van der Waals surface area contributed by atoms with Gasteiger partial charge < -0.3 is 15.5 Å². The highest BCUT2D eigenvalue weighted by molar-refractivity contribution is 5.95. The fourth-order valence-corrected chi connectivity index (χ4v) is 4.35. The van der Waals surface area contributed by atoms with Crippen LogP contribution in [-0.4, -0.2) is 38.0 Å². The Balaban J connectivity index is 1.63. The molecule has 1 aromatic rings. The van der Waals surface area contributed by atoms with Gasteiger partial charge in [-0.25, -0.2) is 0 Å². The molecule has 3 rings (SSSR count). The Hall–Kier alpha value is -2.04. The zero-order valence-corrected chi connectivity index (χ0v) is 15.4. The zero-order valence-electron chi connectivity index (χ0n) is 15.4. The van der Waals surface area contributed by atoms with Crippen molar-refractivity contribution in [2.45, 2.75) is 51.1 Å². The van der Waals surface area contributed by atoms with E-state index in [-0.39, 0.29) is 23.9 Å². The minimum absolute atomic E-state index is 0.0265. The van der Waals surface area contributed by atoms with Gasteiger partial charge in [0, 0.05) is 43.9 Å². The summed E-state index contributed by atoms with van der Waals surface area (Å²) in [5.74, 6) is 1.19. The molecule has 2 amide bonds. The smallest absolute Gasteiger partial charge is 0.251 e. The van der Waals surface area contributed by atoms with Crippen LogP contribution in [0.2, 0.25) is 0 Å². The SMILES string of the molecule is CCC1CC(=O)NC2CC(NC(=O)c3cccc(N(C)C)c3)CCC12. The number of carbonyl (C=O) groups is 2. The maximum atomic E-state index is 12.6. The van der Waals surface area contributed by atoms with Crippen molar-refractivity contribution in [3.63, 3.8) is 0 Å². The summed E-state index contributed by atoms with van der Waals surface area (Å²) in [4.78, 5) is 26.5. The van der Waals surface area contributed by atoms with E-state index in [1.807, 2.05) is 43.3 Å². The van der Waals surface area contributed by atoms with Gasteiger partial charge in [-0.1, -0.05) is 19.4 Å². The molecule has 4 unspecified atom stereocenters. The molecule has 136 valence electrons. The minimum Gasteiger partial charge on any atom is -0.378 e. The van der Waals surface area contributed by atoms with E-state index < -0.39 is 0 Å². The van der Waals surface area contributed by atoms with Gasteiger partial charge >= 0.3 is 0 Å². The standard InChI is InChI=1S/C20H29N3O2/c1-4-13-11-19(24)22-18-12-15(8-9-17(13)18)21-20(25)14-6-5-7-16(10-14)23(2)3/h5-7,10,13,15,17-18H,4,8-9,11-12H2,1-3H3,(H,21,25)(H,22,24). The normalized spacial score (nSPS) is 28.7. The number of carbonyl (C=O) groups excluding carboxylic acids is 2. The van der Waals surface area contributed by atoms with Crippen LogP contribution < -0.4 is 15.5 Å². The summed E-state index contributed by atoms with van der Waals surface area (Å²) >= 11 is 0. The van der Waals surface area contributed by atoms with Crippen molar-refractivity contribution in [3.8, 4) is 0 Å². The number of hydrogen-bond acceptors (Lipinski definition) is 3. The fraction of sp³-hybridized carbons (Fsp3) is 0.600. The summed E-state index contributed by atoms with van der Waals surface area (Å²) in [5.41, 5.74) is 1.70. The van der Waals surface area contributed by atoms with Gasteiger partial charge in [-0.3, -0.25) is 9.59 Å². The summed E-state index contributed by atoms with van der Waals surface area (Å²) in [6, 6.07) is 8.00. The minimum atomic E-state index is -0.0265. The maximum Gasteiger partial charge on any atom is 0.251 e. The third-order valence-corrected chi connectivity index (χ3v) is 5.79. The molecule has 0 spiro atoms. The second-order valence-electron chi connectivity index (χ2n) is 7.64. The number of fused-ring (bicyclic) bond motifs is 1. The van der Waals surface area contributed by atoms with Crippen LogP contribution in [0.15, 0.2) is 24.3 Å². The lowest BCUT2D eigenvalue weighted by atomic mass is 9.70. The van der Waals surface area contributed by atoms with E-state index in [2.05, 4.69) is 17.6 Å². The molecule has 2 fully saturated rings. The maximum absolute atomic E-state index is 12.6. The number of benzene rings is 1. The van der Waals surface area contributed by atoms with E-state index in [9.17, 15) is 9.59 Å². The van der Waals surface area contributed by atoms with Crippen LogP contribution in [0, 0.1) is 11.8 Å². The van der Waals surface area contributed by atoms with Gasteiger partial charge in [0.2, 0.25) is 5.91 Å². The molecule has 0 radical (unpaired) electrons. The number of nitrogens with zero attached hydrogens (tertiary/aromatic N) is 1. The Bertz CT molecular complexity index is 644. The van der Waals surface area contributed by atoms with Crippen molar-refractivity contribution >= 4 is 17.5 Å². The average molecular weight is 343 g/mol. The molecule has 0 bridgehead atoms. The molecular formula is C20H29N3O2. The lowest BCUT2D eigenvalue weighted by molar-refractivity contribution is -0.127. The first-order chi connectivity index (χ1) is 12.0. The highest BCUT2D eigenvalue weighted by atomic mass is 16.2. The van der Waals surface area contributed by atoms with Crippen molar-refractivity contribution in [3.05, 3.63) is 29.8 Å². The van der Waals surface area contributed by atoms with E-state index in [0.717, 1.165) is 31.4 Å². The zero-order chi connectivity index (χ0) is 18.0. The molecule has 1 aromatic carbocycles. The van der Waals surface area contributed by atoms with Crippen LogP contribution in [0.3, 0.4) is 0 Å². The Kier molecular flexibility index (Phi) is 5.30. The van der Waals surface area contributed by atoms with Crippen LogP contribution in [0.1, 0.15) is 49.4 Å². The van der Waals surface area contributed by atoms with Gasteiger partial charge in [-0.2, -0.15) is 0 Å². The first kappa shape index (κ1) is 17.8. The first-order valence-corrected chi connectivity index (χ1v) is 9.35. The van der Waals surface area contributed by atoms with Gasteiger partial charge in [0.25, 0.3) is 5.91 Å². The summed E-state index contributed by atoms with van der Waals surface area (Å²) < 4.78 is 0. The number of piperidine rings is 1. The molecule has 1 heterocycles. The quantitative estimate of drug-likeness (QED) is 0.883. The largest absolute Gasteiger partial charge is 0.378 e. The van der Waals surface area contributed by atoms with Crippen LogP contribution in [0.5, 0.6) is 0 Å². The molecule has 1 saturated heterocycles. The van der Waals surface area contributed by atoms with Crippen molar-refractivity contribution in [2.75, 3.05) is 19.0 Å². The van der Waals surface area contributed by atoms with Crippen molar-refractivity contribution in [2.24, 2.45) is 11.8 Å². The molecular weight excluding hydrogens is 314 g/mol. The van der Waals surface area contributed by atoms with Gasteiger partial charge in [-0.15, -0.1) is 0 Å². The van der Waals surface area contributed by atoms with Crippen LogP contribution in [0.4, 0.5) is 5.69 Å². The summed E-state index contributed by atoms with van der Waals surface area (Å²) in [6.45, 7) is 2.17.